The summed E-state index contributed by atoms with van der Waals surface area (Å²) in [5.74, 6) is -1.88. The maximum Gasteiger partial charge on any atom is 0.338 e. The number of ether oxygens (including phenoxy) is 2. The molecule has 4 saturated carbocycles. The van der Waals surface area contributed by atoms with Crippen molar-refractivity contribution in [2.24, 2.45) is 34.5 Å². The molecule has 4 aliphatic rings. The van der Waals surface area contributed by atoms with E-state index >= 15 is 0 Å². The predicted molar refractivity (Wildman–Crippen MR) is 135 cm³/mol. The van der Waals surface area contributed by atoms with Gasteiger partial charge >= 0.3 is 11.9 Å². The number of esters is 2. The summed E-state index contributed by atoms with van der Waals surface area (Å²) in [6.07, 6.45) is 2.40. The molecule has 5 rings (SSSR count). The first-order valence-corrected chi connectivity index (χ1v) is 13.8. The Morgan fingerprint density at radius 3 is 2.30 bits per heavy atom. The topological polar surface area (TPSA) is 110 Å². The van der Waals surface area contributed by atoms with Crippen molar-refractivity contribution in [3.05, 3.63) is 35.9 Å². The van der Waals surface area contributed by atoms with Gasteiger partial charge in [0.2, 0.25) is 0 Å². The minimum Gasteiger partial charge on any atom is -0.458 e. The molecule has 0 heterocycles. The second-order valence-electron chi connectivity index (χ2n) is 12.5. The molecule has 10 atom stereocenters. The number of aliphatic hydroxyl groups is 2. The SMILES string of the molecule is CC(=O)OC1C2C(CCC3CC(O)CCC32C)C2(O)CCC(C(C)=O)C2(C)C1OC(=O)c1ccccc1. The van der Waals surface area contributed by atoms with E-state index in [4.69, 9.17) is 9.47 Å². The Labute approximate surface area is 218 Å². The van der Waals surface area contributed by atoms with Crippen LogP contribution in [0.2, 0.25) is 0 Å². The van der Waals surface area contributed by atoms with Gasteiger partial charge in [-0.1, -0.05) is 32.0 Å². The Balaban J connectivity index is 1.67. The zero-order chi connectivity index (χ0) is 26.8. The zero-order valence-corrected chi connectivity index (χ0v) is 22.3. The fourth-order valence-electron chi connectivity index (χ4n) is 9.14. The smallest absolute Gasteiger partial charge is 0.338 e. The van der Waals surface area contributed by atoms with Gasteiger partial charge < -0.3 is 19.7 Å². The van der Waals surface area contributed by atoms with Crippen LogP contribution in [-0.4, -0.2) is 51.8 Å². The van der Waals surface area contributed by atoms with Crippen molar-refractivity contribution < 1.29 is 34.1 Å². The standard InChI is InChI=1S/C30H40O7/c1-17(31)22-13-15-30(35)23-11-10-20-16-21(33)12-14-28(20,3)24(23)25(36-18(2)32)26(29(22,30)4)37-27(34)19-8-6-5-7-9-19/h5-9,20-26,33,35H,10-16H2,1-4H3. The number of benzene rings is 1. The molecule has 0 bridgehead atoms. The molecule has 2 N–H and O–H groups in total. The van der Waals surface area contributed by atoms with Crippen LogP contribution in [0, 0.1) is 34.5 Å². The molecule has 0 radical (unpaired) electrons. The molecule has 10 unspecified atom stereocenters. The van der Waals surface area contributed by atoms with Gasteiger partial charge in [-0.3, -0.25) is 9.59 Å². The van der Waals surface area contributed by atoms with E-state index in [2.05, 4.69) is 6.92 Å². The van der Waals surface area contributed by atoms with Gasteiger partial charge in [-0.2, -0.15) is 0 Å². The monoisotopic (exact) mass is 512 g/mol. The Morgan fingerprint density at radius 1 is 0.946 bits per heavy atom. The fraction of sp³-hybridized carbons (Fsp3) is 0.700. The van der Waals surface area contributed by atoms with Crippen molar-refractivity contribution in [3.63, 3.8) is 0 Å². The third kappa shape index (κ3) is 3.87. The summed E-state index contributed by atoms with van der Waals surface area (Å²) in [4.78, 5) is 39.0. The van der Waals surface area contributed by atoms with Gasteiger partial charge in [-0.15, -0.1) is 0 Å². The molecule has 0 amide bonds. The van der Waals surface area contributed by atoms with E-state index in [-0.39, 0.29) is 35.1 Å². The van der Waals surface area contributed by atoms with Crippen LogP contribution in [0.3, 0.4) is 0 Å². The number of hydrogen-bond acceptors (Lipinski definition) is 7. The Kier molecular flexibility index (Phi) is 6.55. The molecule has 0 aromatic heterocycles. The van der Waals surface area contributed by atoms with Crippen molar-refractivity contribution in [2.45, 2.75) is 96.6 Å². The summed E-state index contributed by atoms with van der Waals surface area (Å²) in [6.45, 7) is 6.95. The Morgan fingerprint density at radius 2 is 1.65 bits per heavy atom. The van der Waals surface area contributed by atoms with E-state index in [1.165, 1.54) is 13.8 Å². The summed E-state index contributed by atoms with van der Waals surface area (Å²) >= 11 is 0. The van der Waals surface area contributed by atoms with Gasteiger partial charge in [0.15, 0.2) is 0 Å². The van der Waals surface area contributed by atoms with Gasteiger partial charge in [-0.25, -0.2) is 4.79 Å². The number of ketones is 1. The van der Waals surface area contributed by atoms with Crippen LogP contribution in [-0.2, 0) is 19.1 Å². The minimum absolute atomic E-state index is 0.0557. The third-order valence-electron chi connectivity index (χ3n) is 10.9. The van der Waals surface area contributed by atoms with Crippen molar-refractivity contribution in [1.29, 1.82) is 0 Å². The first-order valence-electron chi connectivity index (χ1n) is 13.8. The average molecular weight is 513 g/mol. The number of aliphatic hydroxyl groups excluding tert-OH is 1. The second-order valence-corrected chi connectivity index (χ2v) is 12.5. The van der Waals surface area contributed by atoms with E-state index in [1.807, 2.05) is 13.0 Å². The van der Waals surface area contributed by atoms with E-state index in [0.717, 1.165) is 12.8 Å². The number of fused-ring (bicyclic) bond motifs is 5. The molecule has 37 heavy (non-hydrogen) atoms. The summed E-state index contributed by atoms with van der Waals surface area (Å²) in [6, 6.07) is 8.65. The fourth-order valence-corrected chi connectivity index (χ4v) is 9.14. The van der Waals surface area contributed by atoms with Gasteiger partial charge in [0, 0.05) is 24.2 Å². The molecule has 0 aliphatic heterocycles. The van der Waals surface area contributed by atoms with Crippen molar-refractivity contribution in [2.75, 3.05) is 0 Å². The normalized spacial score (nSPS) is 44.6. The molecule has 0 spiro atoms. The highest BCUT2D eigenvalue weighted by molar-refractivity contribution is 5.89. The molecule has 4 aliphatic carbocycles. The molecule has 202 valence electrons. The summed E-state index contributed by atoms with van der Waals surface area (Å²) in [5, 5.41) is 23.1. The van der Waals surface area contributed by atoms with Crippen LogP contribution >= 0.6 is 0 Å². The van der Waals surface area contributed by atoms with Gasteiger partial charge in [0.25, 0.3) is 0 Å². The van der Waals surface area contributed by atoms with Crippen LogP contribution in [0.1, 0.15) is 83.0 Å². The quantitative estimate of drug-likeness (QED) is 0.585. The molecule has 7 heteroatoms. The average Bonchev–Trinajstić information content (AvgIpc) is 3.14. The largest absolute Gasteiger partial charge is 0.458 e. The molecule has 7 nitrogen and oxygen atoms in total. The van der Waals surface area contributed by atoms with E-state index in [0.29, 0.717) is 37.7 Å². The van der Waals surface area contributed by atoms with Crippen LogP contribution in [0.15, 0.2) is 30.3 Å². The van der Waals surface area contributed by atoms with Gasteiger partial charge in [0.1, 0.15) is 18.0 Å². The summed E-state index contributed by atoms with van der Waals surface area (Å²) < 4.78 is 12.4. The maximum absolute atomic E-state index is 13.5. The minimum atomic E-state index is -1.25. The van der Waals surface area contributed by atoms with Gasteiger partial charge in [-0.05, 0) is 81.3 Å². The first kappa shape index (κ1) is 26.4. The number of rotatable bonds is 4. The molecule has 0 saturated heterocycles. The third-order valence-corrected chi connectivity index (χ3v) is 10.9. The van der Waals surface area contributed by atoms with Crippen LogP contribution in [0.4, 0.5) is 0 Å². The van der Waals surface area contributed by atoms with E-state index in [1.54, 1.807) is 24.3 Å². The lowest BCUT2D eigenvalue weighted by Gasteiger charge is -2.66. The molecular formula is C30H40O7. The van der Waals surface area contributed by atoms with Gasteiger partial charge in [0.05, 0.1) is 17.3 Å². The van der Waals surface area contributed by atoms with E-state index < -0.39 is 41.1 Å². The lowest BCUT2D eigenvalue weighted by atomic mass is 9.41. The Hall–Kier alpha value is -2.25. The second kappa shape index (κ2) is 9.19. The molecular weight excluding hydrogens is 472 g/mol. The van der Waals surface area contributed by atoms with Crippen molar-refractivity contribution in [1.82, 2.24) is 0 Å². The van der Waals surface area contributed by atoms with Crippen LogP contribution < -0.4 is 0 Å². The molecule has 1 aromatic rings. The van der Waals surface area contributed by atoms with Crippen molar-refractivity contribution in [3.8, 4) is 0 Å². The van der Waals surface area contributed by atoms with Crippen LogP contribution in [0.25, 0.3) is 0 Å². The van der Waals surface area contributed by atoms with Crippen LogP contribution in [0.5, 0.6) is 0 Å². The maximum atomic E-state index is 13.5. The molecule has 1 aromatic carbocycles. The first-order chi connectivity index (χ1) is 17.4. The Bertz CT molecular complexity index is 1070. The van der Waals surface area contributed by atoms with E-state index in [9.17, 15) is 24.6 Å². The summed E-state index contributed by atoms with van der Waals surface area (Å²) in [7, 11) is 0. The lowest BCUT2D eigenvalue weighted by Crippen LogP contribution is -2.73. The number of carbonyl (C=O) groups excluding carboxylic acids is 3. The highest BCUT2D eigenvalue weighted by Gasteiger charge is 2.75. The van der Waals surface area contributed by atoms with Crippen molar-refractivity contribution >= 4 is 17.7 Å². The summed E-state index contributed by atoms with van der Waals surface area (Å²) in [5.41, 5.74) is -2.31. The lowest BCUT2D eigenvalue weighted by molar-refractivity contribution is -0.286. The number of Topliss-reactive ketones (excluding diaryl/α,β-unsaturated/α-hetero) is 1. The number of carbonyl (C=O) groups is 3. The highest BCUT2D eigenvalue weighted by atomic mass is 16.6. The zero-order valence-electron chi connectivity index (χ0n) is 22.3. The highest BCUT2D eigenvalue weighted by Crippen LogP contribution is 2.70. The molecule has 4 fully saturated rings. The number of hydrogen-bond donors (Lipinski definition) is 2. The predicted octanol–water partition coefficient (Wildman–Crippen LogP) is 4.09.